The van der Waals surface area contributed by atoms with E-state index in [9.17, 15) is 14.4 Å². The zero-order chi connectivity index (χ0) is 24.5. The molecule has 4 N–H and O–H groups in total. The highest BCUT2D eigenvalue weighted by Gasteiger charge is 2.23. The lowest BCUT2D eigenvalue weighted by atomic mass is 9.97. The zero-order valence-corrected chi connectivity index (χ0v) is 19.8. The third-order valence-corrected chi connectivity index (χ3v) is 5.09. The van der Waals surface area contributed by atoms with Crippen LogP contribution in [0.2, 0.25) is 0 Å². The predicted octanol–water partition coefficient (Wildman–Crippen LogP) is 3.17. The zero-order valence-electron chi connectivity index (χ0n) is 19.0. The topological polar surface area (TPSA) is 132 Å². The average molecular weight is 496 g/mol. The number of rotatable bonds is 10. The number of nitrogens with one attached hydrogen (secondary N) is 2. The molecule has 1 atom stereocenters. The molecule has 0 heterocycles. The van der Waals surface area contributed by atoms with Gasteiger partial charge in [-0.2, -0.15) is 0 Å². The molecular formula is C26H26ClN3O5. The van der Waals surface area contributed by atoms with Gasteiger partial charge in [-0.1, -0.05) is 42.5 Å². The molecule has 3 rings (SSSR count). The van der Waals surface area contributed by atoms with E-state index in [1.807, 2.05) is 30.3 Å². The molecule has 0 aliphatic carbocycles. The number of carbonyl (C=O) groups is 3. The number of amidine groups is 1. The maximum Gasteiger partial charge on any atom is 0.343 e. The van der Waals surface area contributed by atoms with Gasteiger partial charge in [0.1, 0.15) is 11.6 Å². The van der Waals surface area contributed by atoms with Crippen LogP contribution in [0.1, 0.15) is 31.8 Å². The molecular weight excluding hydrogens is 470 g/mol. The summed E-state index contributed by atoms with van der Waals surface area (Å²) in [5.74, 6) is -0.874. The number of benzene rings is 3. The lowest BCUT2D eigenvalue weighted by Gasteiger charge is -2.18. The summed E-state index contributed by atoms with van der Waals surface area (Å²) < 4.78 is 9.86. The van der Waals surface area contributed by atoms with Crippen molar-refractivity contribution in [1.82, 2.24) is 5.32 Å². The first kappa shape index (κ1) is 27.1. The molecule has 3 aromatic carbocycles. The molecule has 0 radical (unpaired) electrons. The Morgan fingerprint density at radius 2 is 1.46 bits per heavy atom. The highest BCUT2D eigenvalue weighted by atomic mass is 35.5. The summed E-state index contributed by atoms with van der Waals surface area (Å²) in [5, 5.41) is 10.3. The first-order chi connectivity index (χ1) is 16.4. The number of carbonyl (C=O) groups excluding carboxylic acids is 3. The van der Waals surface area contributed by atoms with Gasteiger partial charge < -0.3 is 20.5 Å². The number of hydrogen-bond acceptors (Lipinski definition) is 6. The van der Waals surface area contributed by atoms with E-state index in [1.165, 1.54) is 7.11 Å². The summed E-state index contributed by atoms with van der Waals surface area (Å²) in [5.41, 5.74) is 7.60. The Balaban J connectivity index is 0.00000432. The van der Waals surface area contributed by atoms with E-state index in [1.54, 1.807) is 48.5 Å². The molecule has 0 aromatic heterocycles. The molecule has 0 unspecified atom stereocenters. The fourth-order valence-electron chi connectivity index (χ4n) is 3.22. The molecule has 0 aliphatic rings. The van der Waals surface area contributed by atoms with Gasteiger partial charge in [-0.3, -0.25) is 15.0 Å². The molecule has 0 saturated carbocycles. The summed E-state index contributed by atoms with van der Waals surface area (Å²) >= 11 is 0. The van der Waals surface area contributed by atoms with Crippen molar-refractivity contribution in [1.29, 1.82) is 5.41 Å². The highest BCUT2D eigenvalue weighted by Crippen LogP contribution is 2.16. The minimum Gasteiger partial charge on any atom is -0.482 e. The van der Waals surface area contributed by atoms with Crippen LogP contribution in [-0.2, 0) is 16.0 Å². The molecule has 3 aromatic rings. The number of methoxy groups -OCH3 is 1. The first-order valence-electron chi connectivity index (χ1n) is 10.5. The Labute approximate surface area is 209 Å². The normalized spacial score (nSPS) is 10.9. The van der Waals surface area contributed by atoms with Crippen molar-refractivity contribution in [2.45, 2.75) is 12.5 Å². The van der Waals surface area contributed by atoms with Gasteiger partial charge >= 0.3 is 5.97 Å². The van der Waals surface area contributed by atoms with Crippen molar-refractivity contribution in [3.05, 3.63) is 101 Å². The summed E-state index contributed by atoms with van der Waals surface area (Å²) in [7, 11) is 1.27. The van der Waals surface area contributed by atoms with Crippen LogP contribution in [-0.4, -0.2) is 43.3 Å². The summed E-state index contributed by atoms with van der Waals surface area (Å²) in [6, 6.07) is 21.2. The smallest absolute Gasteiger partial charge is 0.343 e. The molecule has 0 saturated heterocycles. The van der Waals surface area contributed by atoms with Gasteiger partial charge in [0.25, 0.3) is 5.91 Å². The van der Waals surface area contributed by atoms with Crippen LogP contribution in [0.5, 0.6) is 5.75 Å². The second kappa shape index (κ2) is 12.9. The molecule has 0 bridgehead atoms. The summed E-state index contributed by atoms with van der Waals surface area (Å²) in [4.78, 5) is 37.4. The third kappa shape index (κ3) is 7.68. The summed E-state index contributed by atoms with van der Waals surface area (Å²) in [6.07, 6.45) is 0.303. The maximum absolute atomic E-state index is 13.3. The van der Waals surface area contributed by atoms with Crippen LogP contribution in [0.15, 0.2) is 78.9 Å². The third-order valence-electron chi connectivity index (χ3n) is 5.09. The minimum atomic E-state index is -0.816. The Kier molecular flexibility index (Phi) is 9.98. The minimum absolute atomic E-state index is 0. The number of halogens is 1. The van der Waals surface area contributed by atoms with Gasteiger partial charge in [-0.05, 0) is 42.0 Å². The molecule has 8 nitrogen and oxygen atoms in total. The van der Waals surface area contributed by atoms with Crippen molar-refractivity contribution >= 4 is 35.9 Å². The van der Waals surface area contributed by atoms with E-state index < -0.39 is 17.9 Å². The van der Waals surface area contributed by atoms with E-state index in [2.05, 4.69) is 10.1 Å². The van der Waals surface area contributed by atoms with Crippen LogP contribution >= 0.6 is 12.4 Å². The average Bonchev–Trinajstić information content (AvgIpc) is 2.87. The number of hydrogen-bond donors (Lipinski definition) is 3. The highest BCUT2D eigenvalue weighted by molar-refractivity contribution is 6.05. The Hall–Kier alpha value is -4.17. The van der Waals surface area contributed by atoms with Crippen molar-refractivity contribution in [2.75, 3.05) is 13.7 Å². The fourth-order valence-corrected chi connectivity index (χ4v) is 3.22. The van der Waals surface area contributed by atoms with Crippen molar-refractivity contribution in [3.63, 3.8) is 0 Å². The van der Waals surface area contributed by atoms with E-state index in [-0.39, 0.29) is 30.6 Å². The van der Waals surface area contributed by atoms with Crippen LogP contribution < -0.4 is 15.8 Å². The molecule has 9 heteroatoms. The molecule has 0 aliphatic heterocycles. The van der Waals surface area contributed by atoms with Gasteiger partial charge in [0.15, 0.2) is 12.4 Å². The standard InChI is InChI=1S/C26H25N3O5.ClH/c1-33-23(30)16-34-21-13-11-18(12-14-21)24(31)22(15-17-5-3-2-4-6-17)29-26(32)20-9-7-19(8-10-20)25(27)28;/h2-14,22H,15-16H2,1H3,(H3,27,28)(H,29,32);1H/t22-;/m0./s1. The number of ether oxygens (including phenoxy) is 2. The van der Waals surface area contributed by atoms with Crippen LogP contribution in [0.25, 0.3) is 0 Å². The van der Waals surface area contributed by atoms with Crippen LogP contribution in [0.4, 0.5) is 0 Å². The Morgan fingerprint density at radius 1 is 0.886 bits per heavy atom. The largest absolute Gasteiger partial charge is 0.482 e. The van der Waals surface area contributed by atoms with Crippen molar-refractivity contribution in [3.8, 4) is 5.75 Å². The predicted molar refractivity (Wildman–Crippen MR) is 134 cm³/mol. The SMILES string of the molecule is COC(=O)COc1ccc(C(=O)[C@H](Cc2ccccc2)NC(=O)c2ccc(C(=N)N)cc2)cc1.Cl. The Bertz CT molecular complexity index is 1170. The Morgan fingerprint density at radius 3 is 2.03 bits per heavy atom. The van der Waals surface area contributed by atoms with Crippen molar-refractivity contribution < 1.29 is 23.9 Å². The van der Waals surface area contributed by atoms with E-state index >= 15 is 0 Å². The molecule has 182 valence electrons. The van der Waals surface area contributed by atoms with Gasteiger partial charge in [0.05, 0.1) is 13.2 Å². The van der Waals surface area contributed by atoms with Gasteiger partial charge in [-0.25, -0.2) is 4.79 Å². The van der Waals surface area contributed by atoms with E-state index in [4.69, 9.17) is 15.9 Å². The number of ketones is 1. The van der Waals surface area contributed by atoms with Gasteiger partial charge in [0.2, 0.25) is 0 Å². The maximum atomic E-state index is 13.3. The lowest BCUT2D eigenvalue weighted by molar-refractivity contribution is -0.142. The number of nitrogen functional groups attached to an aromatic ring is 1. The number of esters is 1. The monoisotopic (exact) mass is 495 g/mol. The number of amides is 1. The molecule has 0 fully saturated rings. The van der Waals surface area contributed by atoms with E-state index in [0.717, 1.165) is 5.56 Å². The fraction of sp³-hybridized carbons (Fsp3) is 0.154. The first-order valence-corrected chi connectivity index (χ1v) is 10.5. The lowest BCUT2D eigenvalue weighted by Crippen LogP contribution is -2.42. The van der Waals surface area contributed by atoms with Crippen molar-refractivity contribution in [2.24, 2.45) is 5.73 Å². The second-order valence-electron chi connectivity index (χ2n) is 7.46. The van der Waals surface area contributed by atoms with Crippen LogP contribution in [0.3, 0.4) is 0 Å². The molecule has 1 amide bonds. The van der Waals surface area contributed by atoms with Crippen LogP contribution in [0, 0.1) is 5.41 Å². The summed E-state index contributed by atoms with van der Waals surface area (Å²) in [6.45, 7) is -0.237. The van der Waals surface area contributed by atoms with Gasteiger partial charge in [0, 0.05) is 23.1 Å². The number of nitrogens with two attached hydrogens (primary N) is 1. The quantitative estimate of drug-likeness (QED) is 0.171. The molecule has 35 heavy (non-hydrogen) atoms. The van der Waals surface area contributed by atoms with Gasteiger partial charge in [-0.15, -0.1) is 12.4 Å². The number of Topliss-reactive ketones (excluding diaryl/α,β-unsaturated/α-hetero) is 1. The van der Waals surface area contributed by atoms with E-state index in [0.29, 0.717) is 28.9 Å². The second-order valence-corrected chi connectivity index (χ2v) is 7.46. The molecule has 0 spiro atoms.